The monoisotopic (exact) mass is 429 g/mol. The molecule has 156 valence electrons. The number of amides is 1. The maximum Gasteiger partial charge on any atom is 0.254 e. The lowest BCUT2D eigenvalue weighted by molar-refractivity contribution is 0.0717. The number of carbonyl (C=O) groups is 1. The molecule has 0 fully saturated rings. The Hall–Kier alpha value is -3.32. The summed E-state index contributed by atoms with van der Waals surface area (Å²) in [6.45, 7) is 0.651. The third-order valence-electron chi connectivity index (χ3n) is 4.72. The Morgan fingerprint density at radius 1 is 1.03 bits per heavy atom. The Bertz CT molecular complexity index is 1030. The first kappa shape index (κ1) is 20.0. The summed E-state index contributed by atoms with van der Waals surface area (Å²) in [5.74, 6) is 2.66. The Balaban J connectivity index is 1.67. The molecule has 0 saturated heterocycles. The van der Waals surface area contributed by atoms with E-state index in [2.05, 4.69) is 0 Å². The number of rotatable bonds is 7. The standard InChI is InChI=1S/C22H20ClNO6/c1-26-17-6-14(7-18(9-17)27-2)22(25)24(12-16-4-3-5-28-16)11-15-8-20-21(10-19(15)23)30-13-29-20/h3-10H,11-13H2,1-2H3. The minimum Gasteiger partial charge on any atom is -0.497 e. The van der Waals surface area contributed by atoms with Crippen LogP contribution in [0.25, 0.3) is 0 Å². The fraction of sp³-hybridized carbons (Fsp3) is 0.227. The van der Waals surface area contributed by atoms with Crippen molar-refractivity contribution in [1.82, 2.24) is 4.90 Å². The van der Waals surface area contributed by atoms with Crippen LogP contribution in [0.2, 0.25) is 5.02 Å². The Labute approximate surface area is 178 Å². The molecule has 2 heterocycles. The molecule has 0 saturated carbocycles. The van der Waals surface area contributed by atoms with Crippen molar-refractivity contribution in [1.29, 1.82) is 0 Å². The first-order chi connectivity index (χ1) is 14.6. The van der Waals surface area contributed by atoms with Crippen LogP contribution in [0.4, 0.5) is 0 Å². The highest BCUT2D eigenvalue weighted by Gasteiger charge is 2.23. The van der Waals surface area contributed by atoms with Gasteiger partial charge >= 0.3 is 0 Å². The number of carbonyl (C=O) groups excluding carboxylic acids is 1. The van der Waals surface area contributed by atoms with Gasteiger partial charge in [0.05, 0.1) is 27.0 Å². The van der Waals surface area contributed by atoms with Crippen LogP contribution < -0.4 is 18.9 Å². The number of ether oxygens (including phenoxy) is 4. The third kappa shape index (κ3) is 4.16. The lowest BCUT2D eigenvalue weighted by atomic mass is 10.1. The summed E-state index contributed by atoms with van der Waals surface area (Å²) in [6.07, 6.45) is 1.57. The fourth-order valence-electron chi connectivity index (χ4n) is 3.19. The predicted molar refractivity (Wildman–Crippen MR) is 109 cm³/mol. The van der Waals surface area contributed by atoms with Crippen LogP contribution in [-0.4, -0.2) is 31.8 Å². The number of furan rings is 1. The second-order valence-electron chi connectivity index (χ2n) is 6.64. The molecule has 8 heteroatoms. The smallest absolute Gasteiger partial charge is 0.254 e. The predicted octanol–water partition coefficient (Wildman–Crippen LogP) is 4.52. The summed E-state index contributed by atoms with van der Waals surface area (Å²) in [7, 11) is 3.08. The van der Waals surface area contributed by atoms with E-state index in [1.54, 1.807) is 47.6 Å². The molecule has 0 unspecified atom stereocenters. The minimum absolute atomic E-state index is 0.147. The second-order valence-corrected chi connectivity index (χ2v) is 7.05. The highest BCUT2D eigenvalue weighted by molar-refractivity contribution is 6.31. The van der Waals surface area contributed by atoms with Crippen molar-refractivity contribution in [3.63, 3.8) is 0 Å². The van der Waals surface area contributed by atoms with E-state index < -0.39 is 0 Å². The van der Waals surface area contributed by atoms with Crippen molar-refractivity contribution in [3.05, 3.63) is 70.6 Å². The van der Waals surface area contributed by atoms with E-state index >= 15 is 0 Å². The molecular weight excluding hydrogens is 410 g/mol. The first-order valence-corrected chi connectivity index (χ1v) is 9.58. The molecule has 0 atom stereocenters. The first-order valence-electron chi connectivity index (χ1n) is 9.20. The number of fused-ring (bicyclic) bond motifs is 1. The average Bonchev–Trinajstić information content (AvgIpc) is 3.44. The Morgan fingerprint density at radius 3 is 2.37 bits per heavy atom. The normalized spacial score (nSPS) is 12.0. The molecule has 0 bridgehead atoms. The van der Waals surface area contributed by atoms with Gasteiger partial charge in [0.1, 0.15) is 17.3 Å². The number of nitrogens with zero attached hydrogens (tertiary/aromatic N) is 1. The average molecular weight is 430 g/mol. The van der Waals surface area contributed by atoms with Crippen molar-refractivity contribution < 1.29 is 28.2 Å². The van der Waals surface area contributed by atoms with Crippen LogP contribution in [0.5, 0.6) is 23.0 Å². The highest BCUT2D eigenvalue weighted by Crippen LogP contribution is 2.37. The molecule has 0 aliphatic carbocycles. The summed E-state index contributed by atoms with van der Waals surface area (Å²) < 4.78 is 26.9. The number of halogens is 1. The Morgan fingerprint density at radius 2 is 1.73 bits per heavy atom. The Kier molecular flexibility index (Phi) is 5.72. The molecule has 0 spiro atoms. The van der Waals surface area contributed by atoms with Gasteiger partial charge in [0.2, 0.25) is 6.79 Å². The van der Waals surface area contributed by atoms with Crippen LogP contribution >= 0.6 is 11.6 Å². The van der Waals surface area contributed by atoms with Gasteiger partial charge in [-0.05, 0) is 35.9 Å². The van der Waals surface area contributed by atoms with Crippen LogP contribution in [-0.2, 0) is 13.1 Å². The lowest BCUT2D eigenvalue weighted by Gasteiger charge is -2.23. The van der Waals surface area contributed by atoms with Gasteiger partial charge in [-0.2, -0.15) is 0 Å². The quantitative estimate of drug-likeness (QED) is 0.550. The molecule has 1 aromatic heterocycles. The van der Waals surface area contributed by atoms with E-state index in [4.69, 9.17) is 35.0 Å². The molecule has 0 radical (unpaired) electrons. The largest absolute Gasteiger partial charge is 0.497 e. The fourth-order valence-corrected chi connectivity index (χ4v) is 3.40. The van der Waals surface area contributed by atoms with Gasteiger partial charge in [0.25, 0.3) is 5.91 Å². The van der Waals surface area contributed by atoms with Gasteiger partial charge in [-0.1, -0.05) is 11.6 Å². The molecule has 7 nitrogen and oxygen atoms in total. The summed E-state index contributed by atoms with van der Waals surface area (Å²) >= 11 is 6.44. The van der Waals surface area contributed by atoms with E-state index in [1.807, 2.05) is 6.07 Å². The van der Waals surface area contributed by atoms with Crippen molar-refractivity contribution >= 4 is 17.5 Å². The summed E-state index contributed by atoms with van der Waals surface area (Å²) in [5, 5.41) is 0.486. The zero-order chi connectivity index (χ0) is 21.1. The van der Waals surface area contributed by atoms with E-state index in [1.165, 1.54) is 14.2 Å². The van der Waals surface area contributed by atoms with Gasteiger partial charge < -0.3 is 28.3 Å². The molecule has 2 aromatic carbocycles. The lowest BCUT2D eigenvalue weighted by Crippen LogP contribution is -2.30. The van der Waals surface area contributed by atoms with Crippen molar-refractivity contribution in [3.8, 4) is 23.0 Å². The van der Waals surface area contributed by atoms with Crippen molar-refractivity contribution in [2.24, 2.45) is 0 Å². The minimum atomic E-state index is -0.225. The van der Waals surface area contributed by atoms with Crippen molar-refractivity contribution in [2.45, 2.75) is 13.1 Å². The van der Waals surface area contributed by atoms with Gasteiger partial charge in [-0.15, -0.1) is 0 Å². The molecule has 1 aliphatic rings. The molecular formula is C22H20ClNO6. The summed E-state index contributed by atoms with van der Waals surface area (Å²) in [6, 6.07) is 12.1. The number of benzene rings is 2. The van der Waals surface area contributed by atoms with Gasteiger partial charge in [-0.3, -0.25) is 4.79 Å². The second kappa shape index (κ2) is 8.59. The highest BCUT2D eigenvalue weighted by atomic mass is 35.5. The SMILES string of the molecule is COc1cc(OC)cc(C(=O)N(Cc2ccco2)Cc2cc3c(cc2Cl)OCO3)c1. The van der Waals surface area contributed by atoms with Gasteiger partial charge in [0.15, 0.2) is 11.5 Å². The zero-order valence-electron chi connectivity index (χ0n) is 16.5. The molecule has 1 amide bonds. The van der Waals surface area contributed by atoms with Gasteiger partial charge in [-0.25, -0.2) is 0 Å². The van der Waals surface area contributed by atoms with Crippen LogP contribution in [0, 0.1) is 0 Å². The van der Waals surface area contributed by atoms with E-state index in [9.17, 15) is 4.79 Å². The van der Waals surface area contributed by atoms with Gasteiger partial charge in [0, 0.05) is 29.3 Å². The topological polar surface area (TPSA) is 70.4 Å². The maximum atomic E-state index is 13.4. The number of methoxy groups -OCH3 is 2. The molecule has 3 aromatic rings. The van der Waals surface area contributed by atoms with Crippen LogP contribution in [0.1, 0.15) is 21.7 Å². The molecule has 0 N–H and O–H groups in total. The summed E-state index contributed by atoms with van der Waals surface area (Å²) in [5.41, 5.74) is 1.16. The molecule has 1 aliphatic heterocycles. The van der Waals surface area contributed by atoms with E-state index in [-0.39, 0.29) is 25.8 Å². The van der Waals surface area contributed by atoms with Crippen LogP contribution in [0.3, 0.4) is 0 Å². The van der Waals surface area contributed by atoms with Crippen molar-refractivity contribution in [2.75, 3.05) is 21.0 Å². The number of hydrogen-bond donors (Lipinski definition) is 0. The maximum absolute atomic E-state index is 13.4. The molecule has 4 rings (SSSR count). The van der Waals surface area contributed by atoms with E-state index in [0.29, 0.717) is 39.3 Å². The number of hydrogen-bond acceptors (Lipinski definition) is 6. The third-order valence-corrected chi connectivity index (χ3v) is 5.07. The van der Waals surface area contributed by atoms with Crippen LogP contribution in [0.15, 0.2) is 53.1 Å². The zero-order valence-corrected chi connectivity index (χ0v) is 17.3. The molecule has 30 heavy (non-hydrogen) atoms. The van der Waals surface area contributed by atoms with E-state index in [0.717, 1.165) is 5.56 Å². The summed E-state index contributed by atoms with van der Waals surface area (Å²) in [4.78, 5) is 15.1.